The van der Waals surface area contributed by atoms with E-state index < -0.39 is 0 Å². The Morgan fingerprint density at radius 1 is 1.29 bits per heavy atom. The maximum Gasteiger partial charge on any atom is 0.350 e. The van der Waals surface area contributed by atoms with Gasteiger partial charge >= 0.3 is 5.97 Å². The van der Waals surface area contributed by atoms with Gasteiger partial charge in [-0.2, -0.15) is 0 Å². The number of thioether (sulfide) groups is 1. The molecule has 2 rings (SSSR count). The number of rotatable bonds is 6. The predicted molar refractivity (Wildman–Crippen MR) is 89.3 cm³/mol. The van der Waals surface area contributed by atoms with Crippen LogP contribution in [-0.2, 0) is 4.74 Å². The number of benzene rings is 1. The highest BCUT2D eigenvalue weighted by molar-refractivity contribution is 7.99. The molecule has 0 N–H and O–H groups in total. The number of aromatic nitrogens is 1. The third-order valence-corrected chi connectivity index (χ3v) is 5.24. The van der Waals surface area contributed by atoms with Gasteiger partial charge in [0.05, 0.1) is 12.3 Å². The van der Waals surface area contributed by atoms with E-state index in [4.69, 9.17) is 4.74 Å². The summed E-state index contributed by atoms with van der Waals surface area (Å²) in [5.41, 5.74) is 1.78. The quantitative estimate of drug-likeness (QED) is 0.566. The number of carbonyl (C=O) groups is 1. The molecule has 0 saturated heterocycles. The highest BCUT2D eigenvalue weighted by Crippen LogP contribution is 2.30. The molecule has 112 valence electrons. The van der Waals surface area contributed by atoms with Gasteiger partial charge in [0, 0.05) is 10.5 Å². The number of thiazole rings is 1. The topological polar surface area (TPSA) is 39.2 Å². The molecule has 5 heteroatoms. The van der Waals surface area contributed by atoms with Crippen LogP contribution in [0.3, 0.4) is 0 Å². The molecule has 0 atom stereocenters. The molecule has 0 fully saturated rings. The Balaban J connectivity index is 2.18. The maximum atomic E-state index is 11.8. The second-order valence-electron chi connectivity index (χ2n) is 4.53. The van der Waals surface area contributed by atoms with Crippen molar-refractivity contribution >= 4 is 29.1 Å². The number of hydrogen-bond acceptors (Lipinski definition) is 5. The summed E-state index contributed by atoms with van der Waals surface area (Å²) in [4.78, 5) is 18.2. The summed E-state index contributed by atoms with van der Waals surface area (Å²) in [5, 5.41) is 0.864. The van der Waals surface area contributed by atoms with Crippen LogP contribution in [0.4, 0.5) is 0 Å². The first-order valence-corrected chi connectivity index (χ1v) is 8.83. The van der Waals surface area contributed by atoms with E-state index in [0.717, 1.165) is 22.0 Å². The summed E-state index contributed by atoms with van der Waals surface area (Å²) in [6.45, 7) is 6.21. The summed E-state index contributed by atoms with van der Waals surface area (Å²) >= 11 is 3.24. The second-order valence-corrected chi connectivity index (χ2v) is 6.69. The van der Waals surface area contributed by atoms with Crippen LogP contribution in [0.5, 0.6) is 0 Å². The summed E-state index contributed by atoms with van der Waals surface area (Å²) < 4.78 is 5.05. The van der Waals surface area contributed by atoms with Crippen molar-refractivity contribution in [2.45, 2.75) is 32.1 Å². The van der Waals surface area contributed by atoms with Crippen molar-refractivity contribution in [1.29, 1.82) is 0 Å². The Bertz CT molecular complexity index is 605. The lowest BCUT2D eigenvalue weighted by Gasteiger charge is -2.01. The van der Waals surface area contributed by atoms with Crippen molar-refractivity contribution in [3.63, 3.8) is 0 Å². The number of hydrogen-bond donors (Lipinski definition) is 0. The Morgan fingerprint density at radius 3 is 2.62 bits per heavy atom. The predicted octanol–water partition coefficient (Wildman–Crippen LogP) is 4.80. The van der Waals surface area contributed by atoms with E-state index in [1.54, 1.807) is 0 Å². The van der Waals surface area contributed by atoms with Crippen LogP contribution in [0.25, 0.3) is 10.6 Å². The molecule has 2 aromatic rings. The highest BCUT2D eigenvalue weighted by Gasteiger charge is 2.17. The molecule has 0 aliphatic heterocycles. The Hall–Kier alpha value is -1.33. The summed E-state index contributed by atoms with van der Waals surface area (Å²) in [7, 11) is 0. The average molecular weight is 321 g/mol. The molecule has 0 radical (unpaired) electrons. The van der Waals surface area contributed by atoms with Crippen LogP contribution in [0.1, 0.15) is 35.6 Å². The smallest absolute Gasteiger partial charge is 0.350 e. The van der Waals surface area contributed by atoms with Crippen LogP contribution in [-0.4, -0.2) is 23.3 Å². The molecular weight excluding hydrogens is 302 g/mol. The van der Waals surface area contributed by atoms with Gasteiger partial charge in [0.2, 0.25) is 0 Å². The second kappa shape index (κ2) is 7.61. The van der Waals surface area contributed by atoms with E-state index in [1.165, 1.54) is 22.7 Å². The van der Waals surface area contributed by atoms with Crippen molar-refractivity contribution in [2.75, 3.05) is 12.4 Å². The van der Waals surface area contributed by atoms with E-state index in [9.17, 15) is 4.79 Å². The molecule has 1 aromatic carbocycles. The van der Waals surface area contributed by atoms with Gasteiger partial charge in [-0.1, -0.05) is 19.1 Å². The third kappa shape index (κ3) is 4.08. The summed E-state index contributed by atoms with van der Waals surface area (Å²) in [5.74, 6) is 0.844. The summed E-state index contributed by atoms with van der Waals surface area (Å²) in [6.07, 6.45) is 1.17. The van der Waals surface area contributed by atoms with Crippen molar-refractivity contribution in [3.05, 3.63) is 34.8 Å². The Labute approximate surface area is 133 Å². The van der Waals surface area contributed by atoms with E-state index in [-0.39, 0.29) is 5.97 Å². The zero-order valence-corrected chi connectivity index (χ0v) is 14.1. The van der Waals surface area contributed by atoms with E-state index >= 15 is 0 Å². The minimum absolute atomic E-state index is 0.283. The van der Waals surface area contributed by atoms with Crippen molar-refractivity contribution in [2.24, 2.45) is 0 Å². The van der Waals surface area contributed by atoms with Crippen LogP contribution in [0, 0.1) is 6.92 Å². The van der Waals surface area contributed by atoms with Crippen molar-refractivity contribution in [3.8, 4) is 10.6 Å². The third-order valence-electron chi connectivity index (χ3n) is 2.83. The summed E-state index contributed by atoms with van der Waals surface area (Å²) in [6, 6.07) is 8.34. The first-order valence-electron chi connectivity index (χ1n) is 7.03. The standard InChI is InChI=1S/C16H19NO2S2/c1-4-10-20-13-8-6-12(7-9-13)15-17-11(3)14(21-15)16(18)19-5-2/h6-9H,4-5,10H2,1-3H3. The molecule has 0 spiro atoms. The van der Waals surface area contributed by atoms with Gasteiger partial charge in [-0.25, -0.2) is 9.78 Å². The fourth-order valence-corrected chi connectivity index (χ4v) is 3.55. The van der Waals surface area contributed by atoms with Crippen LogP contribution >= 0.6 is 23.1 Å². The molecule has 3 nitrogen and oxygen atoms in total. The molecule has 0 aliphatic rings. The molecule has 0 bridgehead atoms. The molecule has 0 unspecified atom stereocenters. The van der Waals surface area contributed by atoms with Gasteiger partial charge in [-0.15, -0.1) is 23.1 Å². The SMILES string of the molecule is CCCSc1ccc(-c2nc(C)c(C(=O)OCC)s2)cc1. The molecule has 0 amide bonds. The fraction of sp³-hybridized carbons (Fsp3) is 0.375. The first kappa shape index (κ1) is 16.0. The van der Waals surface area contributed by atoms with E-state index in [2.05, 4.69) is 36.2 Å². The van der Waals surface area contributed by atoms with Crippen molar-refractivity contribution in [1.82, 2.24) is 4.98 Å². The van der Waals surface area contributed by atoms with Gasteiger partial charge in [-0.05, 0) is 38.2 Å². The largest absolute Gasteiger partial charge is 0.462 e. The normalized spacial score (nSPS) is 10.6. The van der Waals surface area contributed by atoms with Crippen LogP contribution in [0.2, 0.25) is 0 Å². The highest BCUT2D eigenvalue weighted by atomic mass is 32.2. The number of nitrogens with zero attached hydrogens (tertiary/aromatic N) is 1. The van der Waals surface area contributed by atoms with E-state index in [1.807, 2.05) is 25.6 Å². The number of ether oxygens (including phenoxy) is 1. The van der Waals surface area contributed by atoms with Crippen LogP contribution < -0.4 is 0 Å². The number of esters is 1. The average Bonchev–Trinajstić information content (AvgIpc) is 2.88. The Kier molecular flexibility index (Phi) is 5.82. The lowest BCUT2D eigenvalue weighted by Crippen LogP contribution is -2.03. The molecule has 1 heterocycles. The van der Waals surface area contributed by atoms with Gasteiger partial charge in [-0.3, -0.25) is 0 Å². The molecule has 21 heavy (non-hydrogen) atoms. The molecule has 0 saturated carbocycles. The molecule has 0 aliphatic carbocycles. The number of aryl methyl sites for hydroxylation is 1. The van der Waals surface area contributed by atoms with Crippen LogP contribution in [0.15, 0.2) is 29.2 Å². The number of carbonyl (C=O) groups excluding carboxylic acids is 1. The van der Waals surface area contributed by atoms with Gasteiger partial charge < -0.3 is 4.74 Å². The maximum absolute atomic E-state index is 11.8. The Morgan fingerprint density at radius 2 is 2.00 bits per heavy atom. The van der Waals surface area contributed by atoms with E-state index in [0.29, 0.717) is 11.5 Å². The molecular formula is C16H19NO2S2. The monoisotopic (exact) mass is 321 g/mol. The first-order chi connectivity index (χ1) is 10.2. The zero-order chi connectivity index (χ0) is 15.2. The van der Waals surface area contributed by atoms with Gasteiger partial charge in [0.15, 0.2) is 0 Å². The lowest BCUT2D eigenvalue weighted by molar-refractivity contribution is 0.0531. The minimum Gasteiger partial charge on any atom is -0.462 e. The zero-order valence-electron chi connectivity index (χ0n) is 12.5. The molecule has 1 aromatic heterocycles. The minimum atomic E-state index is -0.283. The fourth-order valence-electron chi connectivity index (χ4n) is 1.82. The van der Waals surface area contributed by atoms with Crippen molar-refractivity contribution < 1.29 is 9.53 Å². The van der Waals surface area contributed by atoms with Gasteiger partial charge in [0.1, 0.15) is 9.88 Å². The lowest BCUT2D eigenvalue weighted by atomic mass is 10.2. The van der Waals surface area contributed by atoms with Gasteiger partial charge in [0.25, 0.3) is 0 Å².